The molecule has 1 rings (SSSR count). The minimum atomic E-state index is -0.989. The Bertz CT molecular complexity index is 777. The highest BCUT2D eigenvalue weighted by Gasteiger charge is 2.20. The average Bonchev–Trinajstić information content (AvgIpc) is 2.73. The Balaban J connectivity index is 2.75. The first-order valence-electron chi connectivity index (χ1n) is 10.4. The number of nitrogens with two attached hydrogens (primary N) is 1. The number of ether oxygens (including phenoxy) is 4. The van der Waals surface area contributed by atoms with Crippen LogP contribution in [0.4, 0.5) is 0 Å². The lowest BCUT2D eigenvalue weighted by molar-refractivity contribution is -0.158. The summed E-state index contributed by atoms with van der Waals surface area (Å²) in [5, 5.41) is 0. The van der Waals surface area contributed by atoms with Gasteiger partial charge >= 0.3 is 23.9 Å². The van der Waals surface area contributed by atoms with Gasteiger partial charge in [-0.25, -0.2) is 0 Å². The maximum Gasteiger partial charge on any atom is 0.323 e. The van der Waals surface area contributed by atoms with Crippen molar-refractivity contribution in [1.82, 2.24) is 0 Å². The molecule has 2 atom stereocenters. The van der Waals surface area contributed by atoms with Gasteiger partial charge in [-0.2, -0.15) is 0 Å². The Morgan fingerprint density at radius 2 is 1.55 bits per heavy atom. The minimum absolute atomic E-state index is 0.0724. The molecule has 0 amide bonds. The van der Waals surface area contributed by atoms with Gasteiger partial charge in [-0.15, -0.1) is 0 Å². The van der Waals surface area contributed by atoms with Crippen LogP contribution in [0.15, 0.2) is 18.2 Å². The molecule has 0 aliphatic heterocycles. The molecule has 9 nitrogen and oxygen atoms in total. The third kappa shape index (κ3) is 9.61. The van der Waals surface area contributed by atoms with E-state index in [0.29, 0.717) is 18.4 Å². The molecule has 0 bridgehead atoms. The van der Waals surface area contributed by atoms with Crippen LogP contribution in [-0.2, 0) is 35.1 Å². The van der Waals surface area contributed by atoms with Gasteiger partial charge in [0.1, 0.15) is 18.8 Å². The zero-order chi connectivity index (χ0) is 23.4. The maximum atomic E-state index is 12.2. The summed E-state index contributed by atoms with van der Waals surface area (Å²) in [7, 11) is 0. The van der Waals surface area contributed by atoms with Crippen LogP contribution in [0.2, 0.25) is 0 Å². The normalized spacial score (nSPS) is 12.4. The van der Waals surface area contributed by atoms with Crippen molar-refractivity contribution in [2.24, 2.45) is 5.73 Å². The molecular formula is C22H31NO8. The molecule has 0 spiro atoms. The molecule has 0 heterocycles. The van der Waals surface area contributed by atoms with E-state index in [1.807, 2.05) is 6.92 Å². The molecule has 0 fully saturated rings. The summed E-state index contributed by atoms with van der Waals surface area (Å²) in [5.41, 5.74) is 6.51. The van der Waals surface area contributed by atoms with E-state index in [2.05, 4.69) is 0 Å². The van der Waals surface area contributed by atoms with Crippen LogP contribution in [0.3, 0.4) is 0 Å². The molecule has 0 radical (unpaired) electrons. The van der Waals surface area contributed by atoms with Gasteiger partial charge in [0, 0.05) is 19.3 Å². The van der Waals surface area contributed by atoms with Gasteiger partial charge in [-0.05, 0) is 37.5 Å². The van der Waals surface area contributed by atoms with Gasteiger partial charge in [0.05, 0.1) is 0 Å². The summed E-state index contributed by atoms with van der Waals surface area (Å²) < 4.78 is 20.7. The second kappa shape index (κ2) is 13.4. The number of esters is 4. The van der Waals surface area contributed by atoms with Gasteiger partial charge in [0.25, 0.3) is 0 Å². The predicted octanol–water partition coefficient (Wildman–Crippen LogP) is 2.46. The van der Waals surface area contributed by atoms with Crippen LogP contribution in [0, 0.1) is 0 Å². The predicted molar refractivity (Wildman–Crippen MR) is 111 cm³/mol. The number of carbonyl (C=O) groups excluding carboxylic acids is 4. The van der Waals surface area contributed by atoms with E-state index in [1.54, 1.807) is 26.8 Å². The summed E-state index contributed by atoms with van der Waals surface area (Å²) in [6.45, 7) is 6.66. The molecule has 0 aromatic heterocycles. The fourth-order valence-corrected chi connectivity index (χ4v) is 2.40. The van der Waals surface area contributed by atoms with Crippen LogP contribution < -0.4 is 15.2 Å². The van der Waals surface area contributed by atoms with Crippen molar-refractivity contribution in [2.75, 3.05) is 6.61 Å². The van der Waals surface area contributed by atoms with E-state index in [-0.39, 0.29) is 43.3 Å². The first-order chi connectivity index (χ1) is 14.7. The molecule has 1 aromatic rings. The smallest absolute Gasteiger partial charge is 0.323 e. The van der Waals surface area contributed by atoms with Crippen molar-refractivity contribution in [3.63, 3.8) is 0 Å². The second-order valence-electron chi connectivity index (χ2n) is 6.93. The SMILES string of the molecule is CCCC(=O)O[C@@H](C)COC(=O)[C@@H](N)Cc1ccc(OC(=O)CC)c(OC(=O)CC)c1. The fraction of sp³-hybridized carbons (Fsp3) is 0.545. The summed E-state index contributed by atoms with van der Waals surface area (Å²) in [6.07, 6.45) is 0.780. The molecular weight excluding hydrogens is 406 g/mol. The highest BCUT2D eigenvalue weighted by atomic mass is 16.6. The van der Waals surface area contributed by atoms with Crippen molar-refractivity contribution in [3.05, 3.63) is 23.8 Å². The first-order valence-corrected chi connectivity index (χ1v) is 10.4. The van der Waals surface area contributed by atoms with E-state index in [1.165, 1.54) is 12.1 Å². The number of hydrogen-bond donors (Lipinski definition) is 1. The average molecular weight is 437 g/mol. The summed E-state index contributed by atoms with van der Waals surface area (Å²) in [4.78, 5) is 46.9. The molecule has 0 saturated carbocycles. The van der Waals surface area contributed by atoms with Gasteiger partial charge in [0.15, 0.2) is 11.5 Å². The Hall–Kier alpha value is -2.94. The van der Waals surface area contributed by atoms with E-state index in [0.717, 1.165) is 0 Å². The van der Waals surface area contributed by atoms with Crippen molar-refractivity contribution in [1.29, 1.82) is 0 Å². The molecule has 2 N–H and O–H groups in total. The third-order valence-electron chi connectivity index (χ3n) is 4.04. The standard InChI is InChI=1S/C22H31NO8/c1-5-8-21(26)29-14(4)13-28-22(27)16(23)11-15-9-10-17(30-19(24)6-2)18(12-15)31-20(25)7-3/h9-10,12,14,16H,5-8,11,13,23H2,1-4H3/t14-,16-/m0/s1. The van der Waals surface area contributed by atoms with Crippen molar-refractivity contribution in [2.45, 2.75) is 71.9 Å². The van der Waals surface area contributed by atoms with Crippen LogP contribution in [0.25, 0.3) is 0 Å². The lowest BCUT2D eigenvalue weighted by Gasteiger charge is -2.16. The molecule has 1 aromatic carbocycles. The fourth-order valence-electron chi connectivity index (χ4n) is 2.40. The Morgan fingerprint density at radius 1 is 0.935 bits per heavy atom. The molecule has 31 heavy (non-hydrogen) atoms. The molecule has 0 aliphatic rings. The highest BCUT2D eigenvalue weighted by molar-refractivity contribution is 5.77. The first kappa shape index (κ1) is 26.1. The van der Waals surface area contributed by atoms with E-state index >= 15 is 0 Å². The molecule has 0 aliphatic carbocycles. The van der Waals surface area contributed by atoms with Gasteiger partial charge in [-0.1, -0.05) is 26.8 Å². The lowest BCUT2D eigenvalue weighted by atomic mass is 10.1. The van der Waals surface area contributed by atoms with E-state index in [9.17, 15) is 19.2 Å². The Kier molecular flexibility index (Phi) is 11.3. The molecule has 0 saturated heterocycles. The van der Waals surface area contributed by atoms with E-state index in [4.69, 9.17) is 24.7 Å². The number of benzene rings is 1. The number of rotatable bonds is 12. The molecule has 172 valence electrons. The second-order valence-corrected chi connectivity index (χ2v) is 6.93. The Morgan fingerprint density at radius 3 is 2.13 bits per heavy atom. The largest absolute Gasteiger partial charge is 0.461 e. The minimum Gasteiger partial charge on any atom is -0.461 e. The van der Waals surface area contributed by atoms with E-state index < -0.39 is 30.1 Å². The molecule has 0 unspecified atom stereocenters. The zero-order valence-electron chi connectivity index (χ0n) is 18.5. The van der Waals surface area contributed by atoms with Crippen molar-refractivity contribution < 1.29 is 38.1 Å². The third-order valence-corrected chi connectivity index (χ3v) is 4.04. The van der Waals surface area contributed by atoms with Crippen LogP contribution in [0.1, 0.15) is 58.9 Å². The topological polar surface area (TPSA) is 131 Å². The van der Waals surface area contributed by atoms with Crippen LogP contribution in [-0.4, -0.2) is 42.6 Å². The van der Waals surface area contributed by atoms with Gasteiger partial charge in [0.2, 0.25) is 0 Å². The highest BCUT2D eigenvalue weighted by Crippen LogP contribution is 2.29. The van der Waals surface area contributed by atoms with Crippen molar-refractivity contribution >= 4 is 23.9 Å². The maximum absolute atomic E-state index is 12.2. The Labute approximate surface area is 182 Å². The quantitative estimate of drug-likeness (QED) is 0.387. The summed E-state index contributed by atoms with van der Waals surface area (Å²) in [6, 6.07) is 3.60. The number of carbonyl (C=O) groups is 4. The summed E-state index contributed by atoms with van der Waals surface area (Å²) >= 11 is 0. The summed E-state index contributed by atoms with van der Waals surface area (Å²) in [5.74, 6) is -1.81. The molecule has 9 heteroatoms. The van der Waals surface area contributed by atoms with Gasteiger partial charge < -0.3 is 24.7 Å². The lowest BCUT2D eigenvalue weighted by Crippen LogP contribution is -2.36. The van der Waals surface area contributed by atoms with Crippen molar-refractivity contribution in [3.8, 4) is 11.5 Å². The monoisotopic (exact) mass is 437 g/mol. The van der Waals surface area contributed by atoms with Gasteiger partial charge in [-0.3, -0.25) is 19.2 Å². The van der Waals surface area contributed by atoms with Crippen LogP contribution >= 0.6 is 0 Å². The number of hydrogen-bond acceptors (Lipinski definition) is 9. The van der Waals surface area contributed by atoms with Crippen LogP contribution in [0.5, 0.6) is 11.5 Å². The zero-order valence-corrected chi connectivity index (χ0v) is 18.5.